The van der Waals surface area contributed by atoms with Crippen molar-refractivity contribution in [3.63, 3.8) is 0 Å². The minimum Gasteiger partial charge on any atom is -0.466 e. The summed E-state index contributed by atoms with van der Waals surface area (Å²) >= 11 is 6.52. The molecule has 0 aliphatic rings. The van der Waals surface area contributed by atoms with E-state index in [1.165, 1.54) is 0 Å². The van der Waals surface area contributed by atoms with Crippen molar-refractivity contribution in [2.24, 2.45) is 5.73 Å². The van der Waals surface area contributed by atoms with Crippen molar-refractivity contribution < 1.29 is 19.1 Å². The fourth-order valence-electron chi connectivity index (χ4n) is 1.54. The zero-order chi connectivity index (χ0) is 16.0. The Hall–Kier alpha value is -1.41. The van der Waals surface area contributed by atoms with Crippen LogP contribution in [0, 0.1) is 0 Å². The van der Waals surface area contributed by atoms with E-state index in [9.17, 15) is 14.4 Å². The van der Waals surface area contributed by atoms with Gasteiger partial charge in [0.2, 0.25) is 5.91 Å². The molecule has 0 aliphatic heterocycles. The van der Waals surface area contributed by atoms with Crippen molar-refractivity contribution in [2.45, 2.75) is 19.4 Å². The van der Waals surface area contributed by atoms with Crippen LogP contribution in [-0.2, 0) is 14.3 Å². The van der Waals surface area contributed by atoms with Crippen LogP contribution in [0.2, 0.25) is 0 Å². The number of halogens is 2. The van der Waals surface area contributed by atoms with Crippen molar-refractivity contribution in [1.29, 1.82) is 0 Å². The van der Waals surface area contributed by atoms with Crippen LogP contribution in [-0.4, -0.2) is 30.4 Å². The molecule has 0 aromatic heterocycles. The fourth-order valence-corrected chi connectivity index (χ4v) is 2.83. The second kappa shape index (κ2) is 8.14. The molecule has 0 unspecified atom stereocenters. The fraction of sp³-hybridized carbons (Fsp3) is 0.308. The monoisotopic (exact) mass is 420 g/mol. The number of ether oxygens (including phenoxy) is 1. The van der Waals surface area contributed by atoms with Gasteiger partial charge in [-0.1, -0.05) is 31.9 Å². The van der Waals surface area contributed by atoms with Crippen LogP contribution in [0.15, 0.2) is 27.1 Å². The standard InChI is InChI=1S/C13H14Br2N2O4/c1-2-21-11(18)6-10(12(16)19)17-13(20)7-3-8(14)5-9(15)4-7/h3-5,10H,2,6H2,1H3,(H2,16,19)(H,17,20)/t10-/m1/s1. The third kappa shape index (κ3) is 5.84. The molecule has 1 aromatic rings. The Bertz CT molecular complexity index is 543. The number of hydrogen-bond acceptors (Lipinski definition) is 4. The van der Waals surface area contributed by atoms with Gasteiger partial charge in [-0.25, -0.2) is 0 Å². The molecule has 2 amide bonds. The second-order valence-corrected chi connectivity index (χ2v) is 5.93. The number of nitrogens with two attached hydrogens (primary N) is 1. The van der Waals surface area contributed by atoms with E-state index < -0.39 is 23.8 Å². The van der Waals surface area contributed by atoms with Crippen LogP contribution < -0.4 is 11.1 Å². The number of esters is 1. The van der Waals surface area contributed by atoms with E-state index in [1.54, 1.807) is 25.1 Å². The SMILES string of the molecule is CCOC(=O)C[C@@H](NC(=O)c1cc(Br)cc(Br)c1)C(N)=O. The van der Waals surface area contributed by atoms with Gasteiger partial charge in [0.05, 0.1) is 13.0 Å². The highest BCUT2D eigenvalue weighted by Gasteiger charge is 2.23. The van der Waals surface area contributed by atoms with Gasteiger partial charge in [0.25, 0.3) is 5.91 Å². The number of benzene rings is 1. The highest BCUT2D eigenvalue weighted by Crippen LogP contribution is 2.20. The summed E-state index contributed by atoms with van der Waals surface area (Å²) in [5, 5.41) is 2.42. The highest BCUT2D eigenvalue weighted by atomic mass is 79.9. The van der Waals surface area contributed by atoms with E-state index in [0.29, 0.717) is 14.5 Å². The Kier molecular flexibility index (Phi) is 6.83. The molecule has 0 bridgehead atoms. The van der Waals surface area contributed by atoms with Gasteiger partial charge in [0.15, 0.2) is 0 Å². The maximum absolute atomic E-state index is 12.1. The van der Waals surface area contributed by atoms with E-state index in [1.807, 2.05) is 0 Å². The lowest BCUT2D eigenvalue weighted by Gasteiger charge is -2.15. The van der Waals surface area contributed by atoms with Crippen LogP contribution in [0.5, 0.6) is 0 Å². The summed E-state index contributed by atoms with van der Waals surface area (Å²) in [6.45, 7) is 1.84. The molecule has 1 rings (SSSR count). The second-order valence-electron chi connectivity index (χ2n) is 4.10. The van der Waals surface area contributed by atoms with Gasteiger partial charge in [0.1, 0.15) is 6.04 Å². The summed E-state index contributed by atoms with van der Waals surface area (Å²) in [5.41, 5.74) is 5.51. The van der Waals surface area contributed by atoms with Crippen LogP contribution in [0.25, 0.3) is 0 Å². The number of rotatable bonds is 6. The smallest absolute Gasteiger partial charge is 0.308 e. The first kappa shape index (κ1) is 17.6. The number of hydrogen-bond donors (Lipinski definition) is 2. The molecule has 1 aromatic carbocycles. The number of carbonyl (C=O) groups is 3. The van der Waals surface area contributed by atoms with Gasteiger partial charge >= 0.3 is 5.97 Å². The maximum atomic E-state index is 12.1. The summed E-state index contributed by atoms with van der Waals surface area (Å²) in [5.74, 6) is -1.91. The molecule has 21 heavy (non-hydrogen) atoms. The molecule has 0 spiro atoms. The molecular weight excluding hydrogens is 408 g/mol. The van der Waals surface area contributed by atoms with Crippen LogP contribution in [0.4, 0.5) is 0 Å². The molecule has 0 heterocycles. The largest absolute Gasteiger partial charge is 0.466 e. The number of carbonyl (C=O) groups excluding carboxylic acids is 3. The van der Waals surface area contributed by atoms with Crippen molar-refractivity contribution in [1.82, 2.24) is 5.32 Å². The zero-order valence-electron chi connectivity index (χ0n) is 11.2. The van der Waals surface area contributed by atoms with E-state index in [2.05, 4.69) is 37.2 Å². The van der Waals surface area contributed by atoms with E-state index in [4.69, 9.17) is 10.5 Å². The van der Waals surface area contributed by atoms with Gasteiger partial charge in [-0.05, 0) is 25.1 Å². The lowest BCUT2D eigenvalue weighted by molar-refractivity contribution is -0.145. The lowest BCUT2D eigenvalue weighted by Crippen LogP contribution is -2.45. The zero-order valence-corrected chi connectivity index (χ0v) is 14.4. The predicted molar refractivity (Wildman–Crippen MR) is 83.5 cm³/mol. The topological polar surface area (TPSA) is 98.5 Å². The summed E-state index contributed by atoms with van der Waals surface area (Å²) in [7, 11) is 0. The molecule has 3 N–H and O–H groups in total. The summed E-state index contributed by atoms with van der Waals surface area (Å²) in [4.78, 5) is 34.8. The first-order valence-corrected chi connectivity index (χ1v) is 7.64. The van der Waals surface area contributed by atoms with Crippen LogP contribution in [0.1, 0.15) is 23.7 Å². The van der Waals surface area contributed by atoms with Crippen LogP contribution >= 0.6 is 31.9 Å². The van der Waals surface area contributed by atoms with Crippen molar-refractivity contribution >= 4 is 49.6 Å². The molecule has 0 saturated heterocycles. The van der Waals surface area contributed by atoms with E-state index >= 15 is 0 Å². The maximum Gasteiger partial charge on any atom is 0.308 e. The van der Waals surface area contributed by atoms with Gasteiger partial charge < -0.3 is 15.8 Å². The number of amides is 2. The van der Waals surface area contributed by atoms with Gasteiger partial charge in [-0.3, -0.25) is 14.4 Å². The molecule has 0 radical (unpaired) electrons. The highest BCUT2D eigenvalue weighted by molar-refractivity contribution is 9.11. The van der Waals surface area contributed by atoms with Crippen molar-refractivity contribution in [3.05, 3.63) is 32.7 Å². The lowest BCUT2D eigenvalue weighted by atomic mass is 10.1. The first-order chi connectivity index (χ1) is 9.83. The minimum absolute atomic E-state index is 0.191. The molecular formula is C13H14Br2N2O4. The Labute approximate surface area is 138 Å². The van der Waals surface area contributed by atoms with Crippen molar-refractivity contribution in [3.8, 4) is 0 Å². The van der Waals surface area contributed by atoms with Crippen molar-refractivity contribution in [2.75, 3.05) is 6.61 Å². The molecule has 0 saturated carbocycles. The summed E-state index contributed by atoms with van der Waals surface area (Å²) in [6.07, 6.45) is -0.302. The molecule has 8 heteroatoms. The Morgan fingerprint density at radius 2 is 1.81 bits per heavy atom. The molecule has 0 aliphatic carbocycles. The Morgan fingerprint density at radius 3 is 2.29 bits per heavy atom. The molecule has 0 fully saturated rings. The van der Waals surface area contributed by atoms with E-state index in [-0.39, 0.29) is 13.0 Å². The first-order valence-electron chi connectivity index (χ1n) is 6.05. The summed E-state index contributed by atoms with van der Waals surface area (Å²) in [6, 6.07) is 3.82. The number of primary amides is 1. The normalized spacial score (nSPS) is 11.6. The average molecular weight is 422 g/mol. The van der Waals surface area contributed by atoms with E-state index in [0.717, 1.165) is 0 Å². The predicted octanol–water partition coefficient (Wildman–Crippen LogP) is 1.75. The molecule has 1 atom stereocenters. The number of nitrogens with one attached hydrogen (secondary N) is 1. The van der Waals surface area contributed by atoms with Gasteiger partial charge in [-0.15, -0.1) is 0 Å². The third-order valence-corrected chi connectivity index (χ3v) is 3.37. The quantitative estimate of drug-likeness (QED) is 0.683. The third-order valence-electron chi connectivity index (χ3n) is 2.45. The van der Waals surface area contributed by atoms with Gasteiger partial charge in [-0.2, -0.15) is 0 Å². The Balaban J connectivity index is 2.81. The molecule has 114 valence electrons. The minimum atomic E-state index is -1.12. The molecule has 6 nitrogen and oxygen atoms in total. The summed E-state index contributed by atoms with van der Waals surface area (Å²) < 4.78 is 6.13. The van der Waals surface area contributed by atoms with Crippen LogP contribution in [0.3, 0.4) is 0 Å². The average Bonchev–Trinajstić information content (AvgIpc) is 2.36. The van der Waals surface area contributed by atoms with Gasteiger partial charge in [0, 0.05) is 14.5 Å². The Morgan fingerprint density at radius 1 is 1.24 bits per heavy atom.